The zero-order valence-electron chi connectivity index (χ0n) is 12.4. The molecule has 4 heteroatoms. The highest BCUT2D eigenvalue weighted by Crippen LogP contribution is 2.32. The molecule has 1 fully saturated rings. The number of carbonyl (C=O) groups excluding carboxylic acids is 1. The number of fused-ring (bicyclic) bond motifs is 3. The van der Waals surface area contributed by atoms with Crippen LogP contribution in [0, 0.1) is 5.41 Å². The predicted molar refractivity (Wildman–Crippen MR) is 83.0 cm³/mol. The molecule has 1 aromatic carbocycles. The maximum Gasteiger partial charge on any atom is 0.230 e. The van der Waals surface area contributed by atoms with Crippen LogP contribution in [0.2, 0.25) is 0 Å². The van der Waals surface area contributed by atoms with E-state index in [1.165, 1.54) is 22.2 Å². The largest absolute Gasteiger partial charge is 0.358 e. The zero-order chi connectivity index (χ0) is 14.4. The Morgan fingerprint density at radius 3 is 3.00 bits per heavy atom. The molecule has 2 aliphatic rings. The molecule has 0 spiro atoms. The number of nitrogens with zero attached hydrogens (tertiary/aromatic N) is 1. The van der Waals surface area contributed by atoms with Crippen molar-refractivity contribution in [3.63, 3.8) is 0 Å². The second-order valence-electron chi connectivity index (χ2n) is 6.59. The number of rotatable bonds is 1. The van der Waals surface area contributed by atoms with Crippen LogP contribution in [-0.4, -0.2) is 35.4 Å². The summed E-state index contributed by atoms with van der Waals surface area (Å²) in [6.45, 7) is 5.43. The summed E-state index contributed by atoms with van der Waals surface area (Å²) in [5.41, 5.74) is 3.57. The first-order valence-electron chi connectivity index (χ1n) is 7.76. The lowest BCUT2D eigenvalue weighted by Crippen LogP contribution is -2.45. The molecule has 2 aliphatic heterocycles. The summed E-state index contributed by atoms with van der Waals surface area (Å²) in [5, 5.41) is 4.59. The van der Waals surface area contributed by atoms with Gasteiger partial charge in [0.2, 0.25) is 5.91 Å². The van der Waals surface area contributed by atoms with Gasteiger partial charge in [-0.05, 0) is 26.0 Å². The molecule has 110 valence electrons. The Bertz CT molecular complexity index is 697. The fourth-order valence-electron chi connectivity index (χ4n) is 3.72. The average Bonchev–Trinajstić information content (AvgIpc) is 3.10. The van der Waals surface area contributed by atoms with Crippen LogP contribution in [0.4, 0.5) is 0 Å². The molecule has 1 amide bonds. The lowest BCUT2D eigenvalue weighted by atomic mass is 9.87. The first-order chi connectivity index (χ1) is 10.2. The smallest absolute Gasteiger partial charge is 0.230 e. The number of H-pyrrole nitrogens is 1. The molecule has 4 nitrogen and oxygen atoms in total. The van der Waals surface area contributed by atoms with E-state index in [0.717, 1.165) is 39.0 Å². The molecular weight excluding hydrogens is 262 g/mol. The standard InChI is InChI=1S/C17H21N3O/c1-17(7-8-18-11-17)16(21)20-9-6-15-13(10-20)12-4-2-3-5-14(12)19-15/h2-5,18-19H,6-11H2,1H3. The Morgan fingerprint density at radius 1 is 1.33 bits per heavy atom. The Hall–Kier alpha value is -1.81. The Labute approximate surface area is 124 Å². The van der Waals surface area contributed by atoms with Gasteiger partial charge in [0.15, 0.2) is 0 Å². The van der Waals surface area contributed by atoms with Crippen molar-refractivity contribution >= 4 is 16.8 Å². The van der Waals surface area contributed by atoms with E-state index < -0.39 is 0 Å². The van der Waals surface area contributed by atoms with Crippen LogP contribution in [0.1, 0.15) is 24.6 Å². The molecular formula is C17H21N3O. The lowest BCUT2D eigenvalue weighted by Gasteiger charge is -2.34. The minimum Gasteiger partial charge on any atom is -0.358 e. The van der Waals surface area contributed by atoms with E-state index in [2.05, 4.69) is 46.4 Å². The van der Waals surface area contributed by atoms with E-state index in [4.69, 9.17) is 0 Å². The molecule has 0 bridgehead atoms. The van der Waals surface area contributed by atoms with E-state index in [9.17, 15) is 4.79 Å². The molecule has 1 aromatic heterocycles. The predicted octanol–water partition coefficient (Wildman–Crippen LogP) is 2.05. The van der Waals surface area contributed by atoms with Crippen LogP contribution in [0.15, 0.2) is 24.3 Å². The molecule has 3 heterocycles. The van der Waals surface area contributed by atoms with Gasteiger partial charge in [-0.15, -0.1) is 0 Å². The highest BCUT2D eigenvalue weighted by atomic mass is 16.2. The average molecular weight is 283 g/mol. The third-order valence-corrected chi connectivity index (χ3v) is 5.05. The molecule has 4 rings (SSSR count). The van der Waals surface area contributed by atoms with Gasteiger partial charge >= 0.3 is 0 Å². The molecule has 0 saturated carbocycles. The van der Waals surface area contributed by atoms with Crippen molar-refractivity contribution in [1.82, 2.24) is 15.2 Å². The lowest BCUT2D eigenvalue weighted by molar-refractivity contribution is -0.141. The summed E-state index contributed by atoms with van der Waals surface area (Å²) in [6.07, 6.45) is 1.88. The molecule has 1 unspecified atom stereocenters. The van der Waals surface area contributed by atoms with Gasteiger partial charge in [-0.3, -0.25) is 4.79 Å². The number of hydrogen-bond donors (Lipinski definition) is 2. The number of benzene rings is 1. The van der Waals surface area contributed by atoms with Crippen molar-refractivity contribution in [2.24, 2.45) is 5.41 Å². The van der Waals surface area contributed by atoms with Gasteiger partial charge < -0.3 is 15.2 Å². The van der Waals surface area contributed by atoms with Gasteiger partial charge in [0.1, 0.15) is 0 Å². The fraction of sp³-hybridized carbons (Fsp3) is 0.471. The van der Waals surface area contributed by atoms with E-state index in [1.807, 2.05) is 0 Å². The number of nitrogens with one attached hydrogen (secondary N) is 2. The van der Waals surface area contributed by atoms with E-state index in [0.29, 0.717) is 5.91 Å². The summed E-state index contributed by atoms with van der Waals surface area (Å²) in [4.78, 5) is 18.4. The van der Waals surface area contributed by atoms with Crippen LogP contribution in [0.25, 0.3) is 10.9 Å². The van der Waals surface area contributed by atoms with Crippen molar-refractivity contribution in [2.45, 2.75) is 26.3 Å². The Morgan fingerprint density at radius 2 is 2.19 bits per heavy atom. The minimum absolute atomic E-state index is 0.219. The topological polar surface area (TPSA) is 48.1 Å². The van der Waals surface area contributed by atoms with Crippen molar-refractivity contribution < 1.29 is 4.79 Å². The van der Waals surface area contributed by atoms with Crippen molar-refractivity contribution in [1.29, 1.82) is 0 Å². The first kappa shape index (κ1) is 12.9. The summed E-state index contributed by atoms with van der Waals surface area (Å²) < 4.78 is 0. The minimum atomic E-state index is -0.219. The summed E-state index contributed by atoms with van der Waals surface area (Å²) in [7, 11) is 0. The molecule has 1 saturated heterocycles. The number of amides is 1. The highest BCUT2D eigenvalue weighted by molar-refractivity contribution is 5.87. The van der Waals surface area contributed by atoms with Gasteiger partial charge in [0, 0.05) is 48.2 Å². The van der Waals surface area contributed by atoms with Gasteiger partial charge in [0.25, 0.3) is 0 Å². The van der Waals surface area contributed by atoms with Crippen LogP contribution >= 0.6 is 0 Å². The number of hydrogen-bond acceptors (Lipinski definition) is 2. The normalized spacial score (nSPS) is 25.3. The van der Waals surface area contributed by atoms with Gasteiger partial charge in [-0.2, -0.15) is 0 Å². The number of carbonyl (C=O) groups is 1. The first-order valence-corrected chi connectivity index (χ1v) is 7.76. The Balaban J connectivity index is 1.65. The quantitative estimate of drug-likeness (QED) is 0.841. The fourth-order valence-corrected chi connectivity index (χ4v) is 3.72. The second-order valence-corrected chi connectivity index (χ2v) is 6.59. The number of aromatic nitrogens is 1. The Kier molecular flexibility index (Phi) is 2.82. The van der Waals surface area contributed by atoms with Gasteiger partial charge in [-0.25, -0.2) is 0 Å². The third kappa shape index (κ3) is 1.97. The highest BCUT2D eigenvalue weighted by Gasteiger charge is 2.40. The zero-order valence-corrected chi connectivity index (χ0v) is 12.4. The van der Waals surface area contributed by atoms with Crippen molar-refractivity contribution in [3.05, 3.63) is 35.5 Å². The second kappa shape index (κ2) is 4.60. The van der Waals surface area contributed by atoms with Crippen LogP contribution < -0.4 is 5.32 Å². The van der Waals surface area contributed by atoms with Crippen molar-refractivity contribution in [2.75, 3.05) is 19.6 Å². The third-order valence-electron chi connectivity index (χ3n) is 5.05. The number of aromatic amines is 1. The van der Waals surface area contributed by atoms with Crippen LogP contribution in [0.5, 0.6) is 0 Å². The molecule has 2 N–H and O–H groups in total. The summed E-state index contributed by atoms with van der Waals surface area (Å²) in [6, 6.07) is 8.39. The van der Waals surface area contributed by atoms with Crippen LogP contribution in [-0.2, 0) is 17.8 Å². The SMILES string of the molecule is CC1(C(=O)N2CCc3[nH]c4ccccc4c3C2)CCNC1. The maximum atomic E-state index is 12.9. The molecule has 0 aliphatic carbocycles. The summed E-state index contributed by atoms with van der Waals surface area (Å²) in [5.74, 6) is 0.309. The van der Waals surface area contributed by atoms with Gasteiger partial charge in [0.05, 0.1) is 5.41 Å². The van der Waals surface area contributed by atoms with Gasteiger partial charge in [-0.1, -0.05) is 18.2 Å². The van der Waals surface area contributed by atoms with E-state index >= 15 is 0 Å². The molecule has 21 heavy (non-hydrogen) atoms. The van der Waals surface area contributed by atoms with E-state index in [-0.39, 0.29) is 5.41 Å². The summed E-state index contributed by atoms with van der Waals surface area (Å²) >= 11 is 0. The number of para-hydroxylation sites is 1. The maximum absolute atomic E-state index is 12.9. The molecule has 0 radical (unpaired) electrons. The van der Waals surface area contributed by atoms with Crippen LogP contribution in [0.3, 0.4) is 0 Å². The monoisotopic (exact) mass is 283 g/mol. The molecule has 1 atom stereocenters. The molecule has 2 aromatic rings. The van der Waals surface area contributed by atoms with E-state index in [1.54, 1.807) is 0 Å². The van der Waals surface area contributed by atoms with Crippen molar-refractivity contribution in [3.8, 4) is 0 Å².